The Balaban J connectivity index is 1.49. The molecule has 0 N–H and O–H groups in total. The summed E-state index contributed by atoms with van der Waals surface area (Å²) in [7, 11) is 0. The van der Waals surface area contributed by atoms with Gasteiger partial charge in [0.15, 0.2) is 17.3 Å². The van der Waals surface area contributed by atoms with Gasteiger partial charge in [-0.2, -0.15) is 0 Å². The van der Waals surface area contributed by atoms with E-state index in [0.29, 0.717) is 43.4 Å². The maximum Gasteiger partial charge on any atom is 0.291 e. The van der Waals surface area contributed by atoms with Gasteiger partial charge in [0.1, 0.15) is 19.1 Å². The van der Waals surface area contributed by atoms with E-state index in [1.165, 1.54) is 16.2 Å². The van der Waals surface area contributed by atoms with E-state index >= 15 is 0 Å². The molecule has 2 saturated heterocycles. The first kappa shape index (κ1) is 19.3. The summed E-state index contributed by atoms with van der Waals surface area (Å²) in [6.45, 7) is 1.83. The van der Waals surface area contributed by atoms with Gasteiger partial charge in [-0.25, -0.2) is 0 Å². The van der Waals surface area contributed by atoms with Crippen LogP contribution in [0.3, 0.4) is 0 Å². The smallest absolute Gasteiger partial charge is 0.291 e. The fourth-order valence-corrected chi connectivity index (χ4v) is 5.22. The van der Waals surface area contributed by atoms with Crippen LogP contribution < -0.4 is 9.47 Å². The summed E-state index contributed by atoms with van der Waals surface area (Å²) in [6, 6.07) is 8.02. The highest BCUT2D eigenvalue weighted by Crippen LogP contribution is 2.41. The minimum Gasteiger partial charge on any atom is -0.486 e. The van der Waals surface area contributed by atoms with Gasteiger partial charge in [-0.15, -0.1) is 11.3 Å². The normalized spacial score (nSPS) is 25.7. The van der Waals surface area contributed by atoms with Gasteiger partial charge in [0.05, 0.1) is 12.1 Å². The highest BCUT2D eigenvalue weighted by Gasteiger charge is 2.52. The number of carbonyl (C=O) groups excluding carboxylic acids is 3. The number of benzene rings is 1. The first-order chi connectivity index (χ1) is 14.6. The minimum absolute atomic E-state index is 0.104. The lowest BCUT2D eigenvalue weighted by Gasteiger charge is -2.28. The van der Waals surface area contributed by atoms with Crippen molar-refractivity contribution in [1.82, 2.24) is 4.90 Å². The summed E-state index contributed by atoms with van der Waals surface area (Å²) in [4.78, 5) is 41.7. The quantitative estimate of drug-likeness (QED) is 0.415. The summed E-state index contributed by atoms with van der Waals surface area (Å²) in [6.07, 6.45) is 1.67. The second kappa shape index (κ2) is 7.85. The van der Waals surface area contributed by atoms with Gasteiger partial charge in [-0.3, -0.25) is 14.4 Å². The molecule has 1 aromatic heterocycles. The molecule has 4 heterocycles. The molecule has 30 heavy (non-hydrogen) atoms. The standard InChI is InChI=1S/C22H21NO6S/c24-20(13-5-6-15-16(11-13)29-9-8-28-15)18-19(17-4-2-10-30-17)23(22(26)21(18)25)12-14-3-1-7-27-14/h2,4-6,10-11,14,18-19H,1,3,7-9,12H2. The van der Waals surface area contributed by atoms with Crippen molar-refractivity contribution in [3.05, 3.63) is 46.2 Å². The molecule has 3 aliphatic rings. The molecule has 1 aromatic carbocycles. The Kier molecular flexibility index (Phi) is 5.04. The number of ketones is 2. The van der Waals surface area contributed by atoms with Crippen LogP contribution >= 0.6 is 11.3 Å². The number of nitrogens with zero attached hydrogens (tertiary/aromatic N) is 1. The molecule has 3 atom stereocenters. The first-order valence-electron chi connectivity index (χ1n) is 10.1. The second-order valence-corrected chi connectivity index (χ2v) is 8.60. The average Bonchev–Trinajstić information content (AvgIpc) is 3.52. The van der Waals surface area contributed by atoms with Crippen molar-refractivity contribution in [2.45, 2.75) is 25.0 Å². The van der Waals surface area contributed by atoms with Crippen LogP contribution in [-0.2, 0) is 14.3 Å². The molecule has 2 aromatic rings. The van der Waals surface area contributed by atoms with Crippen molar-refractivity contribution >= 4 is 28.8 Å². The van der Waals surface area contributed by atoms with Crippen molar-refractivity contribution in [2.24, 2.45) is 5.92 Å². The number of rotatable bonds is 5. The van der Waals surface area contributed by atoms with E-state index in [2.05, 4.69) is 0 Å². The summed E-state index contributed by atoms with van der Waals surface area (Å²) in [5.41, 5.74) is 0.339. The monoisotopic (exact) mass is 427 g/mol. The predicted molar refractivity (Wildman–Crippen MR) is 108 cm³/mol. The third-order valence-electron chi connectivity index (χ3n) is 5.77. The zero-order chi connectivity index (χ0) is 20.7. The Morgan fingerprint density at radius 1 is 1.10 bits per heavy atom. The summed E-state index contributed by atoms with van der Waals surface area (Å²) in [5, 5.41) is 1.89. The van der Waals surface area contributed by atoms with Gasteiger partial charge >= 0.3 is 0 Å². The number of carbonyl (C=O) groups is 3. The third kappa shape index (κ3) is 3.30. The van der Waals surface area contributed by atoms with E-state index < -0.39 is 23.7 Å². The van der Waals surface area contributed by atoms with Crippen LogP contribution in [0.1, 0.15) is 34.1 Å². The molecular weight excluding hydrogens is 406 g/mol. The highest BCUT2D eigenvalue weighted by molar-refractivity contribution is 7.10. The average molecular weight is 427 g/mol. The maximum absolute atomic E-state index is 13.5. The van der Waals surface area contributed by atoms with Crippen LogP contribution in [0.2, 0.25) is 0 Å². The number of thiophene rings is 1. The van der Waals surface area contributed by atoms with Crippen molar-refractivity contribution in [3.8, 4) is 11.5 Å². The molecule has 0 radical (unpaired) electrons. The van der Waals surface area contributed by atoms with Gasteiger partial charge in [0.2, 0.25) is 5.78 Å². The Bertz CT molecular complexity index is 982. The molecule has 0 aliphatic carbocycles. The Morgan fingerprint density at radius 2 is 1.93 bits per heavy atom. The van der Waals surface area contributed by atoms with Crippen LogP contribution in [0.15, 0.2) is 35.7 Å². The zero-order valence-electron chi connectivity index (χ0n) is 16.2. The minimum atomic E-state index is -1.08. The molecule has 0 bridgehead atoms. The van der Waals surface area contributed by atoms with E-state index in [1.807, 2.05) is 17.5 Å². The molecule has 0 saturated carbocycles. The molecule has 156 valence electrons. The van der Waals surface area contributed by atoms with E-state index in [4.69, 9.17) is 14.2 Å². The number of Topliss-reactive ketones (excluding diaryl/α,β-unsaturated/α-hetero) is 2. The summed E-state index contributed by atoms with van der Waals surface area (Å²) < 4.78 is 16.8. The number of likely N-dealkylation sites (tertiary alicyclic amines) is 1. The predicted octanol–water partition coefficient (Wildman–Crippen LogP) is 2.65. The van der Waals surface area contributed by atoms with Crippen molar-refractivity contribution in [3.63, 3.8) is 0 Å². The van der Waals surface area contributed by atoms with Gasteiger partial charge < -0.3 is 19.1 Å². The molecule has 3 unspecified atom stereocenters. The fraction of sp³-hybridized carbons (Fsp3) is 0.409. The molecule has 8 heteroatoms. The molecule has 5 rings (SSSR count). The van der Waals surface area contributed by atoms with Crippen LogP contribution in [0.25, 0.3) is 0 Å². The zero-order valence-corrected chi connectivity index (χ0v) is 17.1. The summed E-state index contributed by atoms with van der Waals surface area (Å²) in [5.74, 6) is -1.68. The van der Waals surface area contributed by atoms with Crippen molar-refractivity contribution in [2.75, 3.05) is 26.4 Å². The maximum atomic E-state index is 13.5. The lowest BCUT2D eigenvalue weighted by atomic mass is 9.89. The fourth-order valence-electron chi connectivity index (χ4n) is 4.34. The number of hydrogen-bond acceptors (Lipinski definition) is 7. The van der Waals surface area contributed by atoms with Crippen LogP contribution in [-0.4, -0.2) is 54.8 Å². The van der Waals surface area contributed by atoms with Crippen molar-refractivity contribution in [1.29, 1.82) is 0 Å². The number of amides is 1. The van der Waals surface area contributed by atoms with Crippen LogP contribution in [0.4, 0.5) is 0 Å². The molecule has 0 spiro atoms. The molecule has 7 nitrogen and oxygen atoms in total. The lowest BCUT2D eigenvalue weighted by Crippen LogP contribution is -2.36. The third-order valence-corrected chi connectivity index (χ3v) is 6.72. The Morgan fingerprint density at radius 3 is 2.67 bits per heavy atom. The Labute approximate surface area is 177 Å². The van der Waals surface area contributed by atoms with E-state index in [9.17, 15) is 14.4 Å². The van der Waals surface area contributed by atoms with Crippen LogP contribution in [0, 0.1) is 5.92 Å². The molecule has 2 fully saturated rings. The highest BCUT2D eigenvalue weighted by atomic mass is 32.1. The molecular formula is C22H21NO6S. The second-order valence-electron chi connectivity index (χ2n) is 7.62. The largest absolute Gasteiger partial charge is 0.486 e. The lowest BCUT2D eigenvalue weighted by molar-refractivity contribution is -0.141. The van der Waals surface area contributed by atoms with Gasteiger partial charge in [0, 0.05) is 23.6 Å². The number of hydrogen-bond donors (Lipinski definition) is 0. The topological polar surface area (TPSA) is 82.1 Å². The van der Waals surface area contributed by atoms with E-state index in [-0.39, 0.29) is 11.9 Å². The number of ether oxygens (including phenoxy) is 3. The van der Waals surface area contributed by atoms with E-state index in [1.54, 1.807) is 18.2 Å². The summed E-state index contributed by atoms with van der Waals surface area (Å²) >= 11 is 1.44. The van der Waals surface area contributed by atoms with Gasteiger partial charge in [-0.05, 0) is 42.5 Å². The SMILES string of the molecule is O=C1C(=O)N(CC2CCCO2)C(c2cccs2)C1C(=O)c1ccc2c(c1)OCCO2. The van der Waals surface area contributed by atoms with Gasteiger partial charge in [0.25, 0.3) is 5.91 Å². The van der Waals surface area contributed by atoms with Gasteiger partial charge in [-0.1, -0.05) is 6.07 Å². The van der Waals surface area contributed by atoms with Crippen molar-refractivity contribution < 1.29 is 28.6 Å². The molecule has 3 aliphatic heterocycles. The van der Waals surface area contributed by atoms with Crippen LogP contribution in [0.5, 0.6) is 11.5 Å². The number of fused-ring (bicyclic) bond motifs is 1. The molecule has 1 amide bonds. The first-order valence-corrected chi connectivity index (χ1v) is 10.9. The Hall–Kier alpha value is -2.71. The van der Waals surface area contributed by atoms with E-state index in [0.717, 1.165) is 17.7 Å².